The van der Waals surface area contributed by atoms with E-state index in [-0.39, 0.29) is 21.5 Å². The van der Waals surface area contributed by atoms with Crippen LogP contribution in [0.4, 0.5) is 5.13 Å². The average molecular weight is 556 g/mol. The van der Waals surface area contributed by atoms with Crippen LogP contribution in [0, 0.1) is 0 Å². The minimum Gasteiger partial charge on any atom is -0.422 e. The molecule has 0 fully saturated rings. The number of hydrogen-bond acceptors (Lipinski definition) is 8. The standard InChI is InChI=1S/C28H18ClN5O4S/c29-22-13-7-6-12-20(22)27(37)38-23-15-14-17-8-4-5-11-19(17)21(23)16-30-32-25(36)24(35)31-28-34-33-26(39-28)18-9-2-1-3-10-18/h1-16H,(H,32,36)(H,31,34,35)/b30-16+. The number of benzene rings is 4. The van der Waals surface area contributed by atoms with Crippen LogP contribution >= 0.6 is 22.9 Å². The number of halogens is 1. The van der Waals surface area contributed by atoms with Gasteiger partial charge in [-0.3, -0.25) is 14.9 Å². The number of carbonyl (C=O) groups is 3. The second-order valence-electron chi connectivity index (χ2n) is 8.00. The third-order valence-electron chi connectivity index (χ3n) is 5.46. The molecule has 0 spiro atoms. The molecule has 0 aliphatic heterocycles. The van der Waals surface area contributed by atoms with Gasteiger partial charge in [0.25, 0.3) is 0 Å². The van der Waals surface area contributed by atoms with Crippen LogP contribution in [-0.4, -0.2) is 34.2 Å². The fraction of sp³-hybridized carbons (Fsp3) is 0. The van der Waals surface area contributed by atoms with Gasteiger partial charge in [0.1, 0.15) is 10.8 Å². The molecule has 0 bridgehead atoms. The van der Waals surface area contributed by atoms with Gasteiger partial charge in [0.15, 0.2) is 0 Å². The lowest BCUT2D eigenvalue weighted by Crippen LogP contribution is -2.32. The van der Waals surface area contributed by atoms with Crippen LogP contribution in [0.1, 0.15) is 15.9 Å². The number of fused-ring (bicyclic) bond motifs is 1. The molecule has 0 unspecified atom stereocenters. The summed E-state index contributed by atoms with van der Waals surface area (Å²) in [6.07, 6.45) is 1.31. The average Bonchev–Trinajstić information content (AvgIpc) is 3.43. The van der Waals surface area contributed by atoms with Crippen LogP contribution in [0.5, 0.6) is 5.75 Å². The Morgan fingerprint density at radius 1 is 0.846 bits per heavy atom. The van der Waals surface area contributed by atoms with Crippen molar-refractivity contribution in [3.63, 3.8) is 0 Å². The zero-order valence-corrected chi connectivity index (χ0v) is 21.6. The minimum absolute atomic E-state index is 0.167. The van der Waals surface area contributed by atoms with Gasteiger partial charge in [-0.05, 0) is 29.0 Å². The second kappa shape index (κ2) is 11.6. The highest BCUT2D eigenvalue weighted by Crippen LogP contribution is 2.28. The summed E-state index contributed by atoms with van der Waals surface area (Å²) in [4.78, 5) is 37.5. The highest BCUT2D eigenvalue weighted by atomic mass is 35.5. The first-order valence-corrected chi connectivity index (χ1v) is 12.7. The van der Waals surface area contributed by atoms with Crippen molar-refractivity contribution in [3.05, 3.63) is 107 Å². The predicted molar refractivity (Wildman–Crippen MR) is 150 cm³/mol. The molecular weight excluding hydrogens is 538 g/mol. The molecule has 2 amide bonds. The van der Waals surface area contributed by atoms with Crippen molar-refractivity contribution >= 4 is 62.8 Å². The lowest BCUT2D eigenvalue weighted by atomic mass is 10.0. The summed E-state index contributed by atoms with van der Waals surface area (Å²) < 4.78 is 5.62. The maximum Gasteiger partial charge on any atom is 0.345 e. The third kappa shape index (κ3) is 5.98. The molecule has 39 heavy (non-hydrogen) atoms. The number of esters is 1. The summed E-state index contributed by atoms with van der Waals surface area (Å²) in [7, 11) is 0. The van der Waals surface area contributed by atoms with Crippen molar-refractivity contribution in [3.8, 4) is 16.3 Å². The highest BCUT2D eigenvalue weighted by Gasteiger charge is 2.18. The molecule has 5 aromatic rings. The number of carbonyl (C=O) groups excluding carboxylic acids is 3. The quantitative estimate of drug-likeness (QED) is 0.0961. The van der Waals surface area contributed by atoms with Crippen molar-refractivity contribution in [1.82, 2.24) is 15.6 Å². The number of ether oxygens (including phenoxy) is 1. The molecule has 0 atom stereocenters. The van der Waals surface area contributed by atoms with Crippen LogP contribution < -0.4 is 15.5 Å². The van der Waals surface area contributed by atoms with Crippen LogP contribution in [-0.2, 0) is 9.59 Å². The summed E-state index contributed by atoms with van der Waals surface area (Å²) in [5.74, 6) is -2.44. The van der Waals surface area contributed by atoms with Gasteiger partial charge in [0.2, 0.25) is 5.13 Å². The lowest BCUT2D eigenvalue weighted by Gasteiger charge is -2.11. The molecule has 0 aliphatic carbocycles. The van der Waals surface area contributed by atoms with E-state index in [1.807, 2.05) is 54.6 Å². The number of aromatic nitrogens is 2. The number of nitrogens with zero attached hydrogens (tertiary/aromatic N) is 3. The fourth-order valence-corrected chi connectivity index (χ4v) is 4.57. The largest absolute Gasteiger partial charge is 0.422 e. The molecule has 0 saturated carbocycles. The molecule has 1 heterocycles. The van der Waals surface area contributed by atoms with E-state index in [1.54, 1.807) is 36.4 Å². The van der Waals surface area contributed by atoms with E-state index in [0.29, 0.717) is 16.0 Å². The molecule has 11 heteroatoms. The second-order valence-corrected chi connectivity index (χ2v) is 9.38. The summed E-state index contributed by atoms with van der Waals surface area (Å²) in [6, 6.07) is 26.6. The van der Waals surface area contributed by atoms with Crippen LogP contribution in [0.3, 0.4) is 0 Å². The van der Waals surface area contributed by atoms with Gasteiger partial charge in [-0.1, -0.05) is 95.7 Å². The highest BCUT2D eigenvalue weighted by molar-refractivity contribution is 7.18. The lowest BCUT2D eigenvalue weighted by molar-refractivity contribution is -0.136. The smallest absolute Gasteiger partial charge is 0.345 e. The first-order valence-electron chi connectivity index (χ1n) is 11.5. The van der Waals surface area contributed by atoms with Crippen LogP contribution in [0.15, 0.2) is 96.1 Å². The van der Waals surface area contributed by atoms with Crippen molar-refractivity contribution in [2.24, 2.45) is 5.10 Å². The topological polar surface area (TPSA) is 123 Å². The van der Waals surface area contributed by atoms with Gasteiger partial charge < -0.3 is 4.74 Å². The molecule has 0 saturated heterocycles. The molecule has 0 aliphatic rings. The monoisotopic (exact) mass is 555 g/mol. The Balaban J connectivity index is 1.31. The number of amides is 2. The van der Waals surface area contributed by atoms with Crippen molar-refractivity contribution in [2.75, 3.05) is 5.32 Å². The number of anilines is 1. The zero-order valence-electron chi connectivity index (χ0n) is 20.0. The molecule has 0 radical (unpaired) electrons. The molecule has 2 N–H and O–H groups in total. The summed E-state index contributed by atoms with van der Waals surface area (Å²) in [5.41, 5.74) is 3.65. The summed E-state index contributed by atoms with van der Waals surface area (Å²) in [6.45, 7) is 0. The van der Waals surface area contributed by atoms with E-state index in [1.165, 1.54) is 6.21 Å². The number of hydrazone groups is 1. The Morgan fingerprint density at radius 3 is 2.41 bits per heavy atom. The van der Waals surface area contributed by atoms with E-state index in [9.17, 15) is 14.4 Å². The van der Waals surface area contributed by atoms with E-state index in [0.717, 1.165) is 22.3 Å². The van der Waals surface area contributed by atoms with Crippen LogP contribution in [0.25, 0.3) is 21.3 Å². The Hall–Kier alpha value is -4.93. The Labute approximate surface area is 231 Å². The number of hydrogen-bond donors (Lipinski definition) is 2. The summed E-state index contributed by atoms with van der Waals surface area (Å²) >= 11 is 7.27. The summed E-state index contributed by atoms with van der Waals surface area (Å²) in [5, 5.41) is 16.9. The van der Waals surface area contributed by atoms with Crippen LogP contribution in [0.2, 0.25) is 5.02 Å². The van der Waals surface area contributed by atoms with E-state index >= 15 is 0 Å². The molecule has 1 aromatic heterocycles. The van der Waals surface area contributed by atoms with E-state index in [2.05, 4.69) is 26.0 Å². The molecule has 4 aromatic carbocycles. The van der Waals surface area contributed by atoms with Crippen molar-refractivity contribution < 1.29 is 19.1 Å². The third-order valence-corrected chi connectivity index (χ3v) is 6.68. The zero-order chi connectivity index (χ0) is 27.2. The first-order chi connectivity index (χ1) is 19.0. The van der Waals surface area contributed by atoms with Gasteiger partial charge in [-0.25, -0.2) is 10.2 Å². The molecule has 9 nitrogen and oxygen atoms in total. The van der Waals surface area contributed by atoms with Gasteiger partial charge in [0, 0.05) is 11.1 Å². The molecule has 5 rings (SSSR count). The van der Waals surface area contributed by atoms with Gasteiger partial charge >= 0.3 is 17.8 Å². The van der Waals surface area contributed by atoms with E-state index < -0.39 is 17.8 Å². The number of rotatable bonds is 6. The maximum atomic E-state index is 12.8. The Morgan fingerprint density at radius 2 is 1.59 bits per heavy atom. The molecule has 192 valence electrons. The van der Waals surface area contributed by atoms with E-state index in [4.69, 9.17) is 16.3 Å². The number of nitrogens with one attached hydrogen (secondary N) is 2. The Bertz CT molecular complexity index is 1720. The maximum absolute atomic E-state index is 12.8. The Kier molecular flexibility index (Phi) is 7.67. The van der Waals surface area contributed by atoms with Gasteiger partial charge in [-0.2, -0.15) is 5.10 Å². The fourth-order valence-electron chi connectivity index (χ4n) is 3.61. The predicted octanol–water partition coefficient (Wildman–Crippen LogP) is 5.32. The molecular formula is C28H18ClN5O4S. The van der Waals surface area contributed by atoms with Crippen molar-refractivity contribution in [1.29, 1.82) is 0 Å². The first kappa shape index (κ1) is 25.7. The minimum atomic E-state index is -1.02. The van der Waals surface area contributed by atoms with Gasteiger partial charge in [0.05, 0.1) is 16.8 Å². The van der Waals surface area contributed by atoms with Crippen molar-refractivity contribution in [2.45, 2.75) is 0 Å². The van der Waals surface area contributed by atoms with Gasteiger partial charge in [-0.15, -0.1) is 10.2 Å². The normalized spacial score (nSPS) is 10.9. The SMILES string of the molecule is O=C(N/N=C/c1c(OC(=O)c2ccccc2Cl)ccc2ccccc12)C(=O)Nc1nnc(-c2ccccc2)s1.